The van der Waals surface area contributed by atoms with Gasteiger partial charge in [-0.2, -0.15) is 0 Å². The van der Waals surface area contributed by atoms with Crippen LogP contribution in [0.4, 0.5) is 5.69 Å². The second-order valence-electron chi connectivity index (χ2n) is 3.72. The molecule has 5 heteroatoms. The Balaban J connectivity index is 2.22. The maximum absolute atomic E-state index is 11.2. The van der Waals surface area contributed by atoms with Crippen LogP contribution in [0.3, 0.4) is 0 Å². The van der Waals surface area contributed by atoms with Crippen molar-refractivity contribution in [2.75, 3.05) is 25.6 Å². The number of carbonyl (C=O) groups excluding carboxylic acids is 1. The van der Waals surface area contributed by atoms with E-state index in [1.165, 1.54) is 6.08 Å². The third-order valence-electron chi connectivity index (χ3n) is 2.56. The molecule has 0 unspecified atom stereocenters. The first-order chi connectivity index (χ1) is 8.74. The van der Waals surface area contributed by atoms with Gasteiger partial charge in [-0.1, -0.05) is 6.58 Å². The zero-order valence-electron chi connectivity index (χ0n) is 10.1. The summed E-state index contributed by atoms with van der Waals surface area (Å²) in [6, 6.07) is 5.31. The molecule has 1 aromatic carbocycles. The first-order valence-corrected chi connectivity index (χ1v) is 5.59. The zero-order valence-corrected chi connectivity index (χ0v) is 10.1. The largest absolute Gasteiger partial charge is 0.496 e. The molecule has 96 valence electrons. The van der Waals surface area contributed by atoms with Crippen LogP contribution in [0.5, 0.6) is 5.75 Å². The Hall–Kier alpha value is -1.85. The first kappa shape index (κ1) is 12.6. The van der Waals surface area contributed by atoms with Gasteiger partial charge in [0.2, 0.25) is 5.91 Å². The van der Waals surface area contributed by atoms with Gasteiger partial charge in [0.05, 0.1) is 20.3 Å². The minimum atomic E-state index is -0.399. The fraction of sp³-hybridized carbons (Fsp3) is 0.308. The summed E-state index contributed by atoms with van der Waals surface area (Å²) in [7, 11) is 1.56. The van der Waals surface area contributed by atoms with Crippen molar-refractivity contribution in [3.8, 4) is 5.75 Å². The molecule has 1 amide bonds. The summed E-state index contributed by atoms with van der Waals surface area (Å²) in [5, 5.41) is 2.67. The number of amides is 1. The molecule has 0 aliphatic carbocycles. The van der Waals surface area contributed by atoms with E-state index >= 15 is 0 Å². The highest BCUT2D eigenvalue weighted by Crippen LogP contribution is 2.33. The van der Waals surface area contributed by atoms with Crippen LogP contribution in [0.2, 0.25) is 0 Å². The monoisotopic (exact) mass is 249 g/mol. The Morgan fingerprint density at radius 3 is 2.83 bits per heavy atom. The van der Waals surface area contributed by atoms with Gasteiger partial charge < -0.3 is 19.5 Å². The lowest BCUT2D eigenvalue weighted by molar-refractivity contribution is -0.111. The number of benzene rings is 1. The maximum atomic E-state index is 11.2. The first-order valence-electron chi connectivity index (χ1n) is 5.59. The van der Waals surface area contributed by atoms with Gasteiger partial charge in [-0.3, -0.25) is 4.79 Å². The van der Waals surface area contributed by atoms with Crippen molar-refractivity contribution in [2.24, 2.45) is 0 Å². The van der Waals surface area contributed by atoms with Gasteiger partial charge in [0.1, 0.15) is 5.75 Å². The second kappa shape index (κ2) is 5.66. The van der Waals surface area contributed by atoms with Gasteiger partial charge in [0, 0.05) is 17.3 Å². The highest BCUT2D eigenvalue weighted by atomic mass is 16.7. The lowest BCUT2D eigenvalue weighted by Gasteiger charge is -2.15. The molecule has 5 nitrogen and oxygen atoms in total. The van der Waals surface area contributed by atoms with Crippen molar-refractivity contribution in [3.05, 3.63) is 36.4 Å². The summed E-state index contributed by atoms with van der Waals surface area (Å²) >= 11 is 0. The van der Waals surface area contributed by atoms with Crippen LogP contribution < -0.4 is 10.1 Å². The molecule has 0 atom stereocenters. The molecular formula is C13H15NO4. The van der Waals surface area contributed by atoms with Gasteiger partial charge in [-0.05, 0) is 18.2 Å². The van der Waals surface area contributed by atoms with Crippen molar-refractivity contribution >= 4 is 11.6 Å². The summed E-state index contributed by atoms with van der Waals surface area (Å²) in [6.45, 7) is 4.54. The zero-order chi connectivity index (χ0) is 13.0. The van der Waals surface area contributed by atoms with Crippen LogP contribution in [0.1, 0.15) is 11.9 Å². The molecule has 18 heavy (non-hydrogen) atoms. The number of rotatable bonds is 4. The van der Waals surface area contributed by atoms with Gasteiger partial charge in [-0.25, -0.2) is 0 Å². The molecule has 0 spiro atoms. The Bertz CT molecular complexity index is 452. The molecule has 1 aromatic rings. The highest BCUT2D eigenvalue weighted by molar-refractivity contribution is 5.99. The van der Waals surface area contributed by atoms with Crippen LogP contribution in [0, 0.1) is 0 Å². The van der Waals surface area contributed by atoms with Crippen LogP contribution in [-0.2, 0) is 14.3 Å². The van der Waals surface area contributed by atoms with Crippen LogP contribution >= 0.6 is 0 Å². The molecule has 1 aliphatic heterocycles. The second-order valence-corrected chi connectivity index (χ2v) is 3.72. The number of anilines is 1. The van der Waals surface area contributed by atoms with Gasteiger partial charge in [-0.15, -0.1) is 0 Å². The maximum Gasteiger partial charge on any atom is 0.247 e. The van der Waals surface area contributed by atoms with E-state index in [0.29, 0.717) is 24.7 Å². The fourth-order valence-electron chi connectivity index (χ4n) is 1.71. The summed E-state index contributed by atoms with van der Waals surface area (Å²) in [6.07, 6.45) is 0.813. The highest BCUT2D eigenvalue weighted by Gasteiger charge is 2.22. The van der Waals surface area contributed by atoms with Gasteiger partial charge in [0.15, 0.2) is 6.29 Å². The third kappa shape index (κ3) is 2.69. The average Bonchev–Trinajstić information content (AvgIpc) is 2.92. The van der Waals surface area contributed by atoms with Crippen molar-refractivity contribution in [1.29, 1.82) is 0 Å². The van der Waals surface area contributed by atoms with Crippen molar-refractivity contribution in [2.45, 2.75) is 6.29 Å². The smallest absolute Gasteiger partial charge is 0.247 e. The third-order valence-corrected chi connectivity index (χ3v) is 2.56. The van der Waals surface area contributed by atoms with Crippen LogP contribution in [0.25, 0.3) is 0 Å². The molecule has 1 aliphatic rings. The SMILES string of the molecule is C=CC(=O)Nc1ccc(C2OCCO2)c(OC)c1. The summed E-state index contributed by atoms with van der Waals surface area (Å²) in [5.74, 6) is 0.349. The molecule has 1 fully saturated rings. The molecule has 0 bridgehead atoms. The molecule has 1 heterocycles. The molecular weight excluding hydrogens is 234 g/mol. The number of nitrogens with one attached hydrogen (secondary N) is 1. The molecule has 0 saturated carbocycles. The van der Waals surface area contributed by atoms with Crippen molar-refractivity contribution in [3.63, 3.8) is 0 Å². The Kier molecular flexibility index (Phi) is 3.96. The summed E-state index contributed by atoms with van der Waals surface area (Å²) in [4.78, 5) is 11.2. The van der Waals surface area contributed by atoms with E-state index in [-0.39, 0.29) is 5.91 Å². The standard InChI is InChI=1S/C13H15NO4/c1-3-12(15)14-9-4-5-10(11(8-9)16-2)13-17-6-7-18-13/h3-5,8,13H,1,6-7H2,2H3,(H,14,15). The van der Waals surface area contributed by atoms with E-state index < -0.39 is 6.29 Å². The Labute approximate surface area is 105 Å². The Morgan fingerprint density at radius 1 is 1.50 bits per heavy atom. The van der Waals surface area contributed by atoms with E-state index in [1.54, 1.807) is 19.2 Å². The minimum Gasteiger partial charge on any atom is -0.496 e. The number of carbonyl (C=O) groups is 1. The minimum absolute atomic E-state index is 0.266. The van der Waals surface area contributed by atoms with Gasteiger partial charge >= 0.3 is 0 Å². The topological polar surface area (TPSA) is 56.8 Å². The van der Waals surface area contributed by atoms with E-state index in [1.807, 2.05) is 6.07 Å². The van der Waals surface area contributed by atoms with E-state index in [9.17, 15) is 4.79 Å². The van der Waals surface area contributed by atoms with Gasteiger partial charge in [0.25, 0.3) is 0 Å². The average molecular weight is 249 g/mol. The lowest BCUT2D eigenvalue weighted by Crippen LogP contribution is -2.08. The van der Waals surface area contributed by atoms with Crippen LogP contribution in [-0.4, -0.2) is 26.2 Å². The summed E-state index contributed by atoms with van der Waals surface area (Å²) in [5.41, 5.74) is 1.45. The molecule has 0 radical (unpaired) electrons. The fourth-order valence-corrected chi connectivity index (χ4v) is 1.71. The predicted octanol–water partition coefficient (Wildman–Crippen LogP) is 1.87. The van der Waals surface area contributed by atoms with Crippen molar-refractivity contribution < 1.29 is 19.0 Å². The number of methoxy groups -OCH3 is 1. The quantitative estimate of drug-likeness (QED) is 0.827. The number of ether oxygens (including phenoxy) is 3. The number of hydrogen-bond acceptors (Lipinski definition) is 4. The summed E-state index contributed by atoms with van der Waals surface area (Å²) < 4.78 is 16.1. The Morgan fingerprint density at radius 2 is 2.22 bits per heavy atom. The predicted molar refractivity (Wildman–Crippen MR) is 66.5 cm³/mol. The molecule has 1 saturated heterocycles. The molecule has 0 aromatic heterocycles. The van der Waals surface area contributed by atoms with Crippen molar-refractivity contribution in [1.82, 2.24) is 0 Å². The normalized spacial score (nSPS) is 15.4. The van der Waals surface area contributed by atoms with E-state index in [4.69, 9.17) is 14.2 Å². The van der Waals surface area contributed by atoms with Crippen LogP contribution in [0.15, 0.2) is 30.9 Å². The van der Waals surface area contributed by atoms with E-state index in [0.717, 1.165) is 5.56 Å². The number of hydrogen-bond donors (Lipinski definition) is 1. The molecule has 1 N–H and O–H groups in total. The van der Waals surface area contributed by atoms with E-state index in [2.05, 4.69) is 11.9 Å². The lowest BCUT2D eigenvalue weighted by atomic mass is 10.1. The molecule has 2 rings (SSSR count).